The lowest BCUT2D eigenvalue weighted by molar-refractivity contribution is -0.384. The Balaban J connectivity index is 1.60. The number of ether oxygens (including phenoxy) is 1. The van der Waals surface area contributed by atoms with Crippen molar-refractivity contribution in [1.82, 2.24) is 0 Å². The minimum absolute atomic E-state index is 0.0808. The minimum atomic E-state index is -0.578. The summed E-state index contributed by atoms with van der Waals surface area (Å²) >= 11 is 3.17. The van der Waals surface area contributed by atoms with Crippen LogP contribution in [0.3, 0.4) is 0 Å². The number of benzene rings is 3. The summed E-state index contributed by atoms with van der Waals surface area (Å²) in [6.45, 7) is -0.567. The highest BCUT2D eigenvalue weighted by Crippen LogP contribution is 2.27. The number of para-hydroxylation sites is 2. The maximum absolute atomic E-state index is 12.4. The molecule has 3 aromatic rings. The Bertz CT molecular complexity index is 1040. The molecule has 0 aromatic heterocycles. The first-order valence-electron chi connectivity index (χ1n) is 9.21. The van der Waals surface area contributed by atoms with Crippen LogP contribution in [-0.2, 0) is 14.3 Å². The summed E-state index contributed by atoms with van der Waals surface area (Å²) in [7, 11) is 0. The molecule has 0 aliphatic carbocycles. The van der Waals surface area contributed by atoms with Gasteiger partial charge in [-0.2, -0.15) is 0 Å². The predicted octanol–water partition coefficient (Wildman–Crippen LogP) is 4.68. The first-order valence-corrected chi connectivity index (χ1v) is 10.0. The van der Waals surface area contributed by atoms with Gasteiger partial charge in [0.2, 0.25) is 0 Å². The van der Waals surface area contributed by atoms with Gasteiger partial charge in [-0.15, -0.1) is 0 Å². The molecule has 158 valence electrons. The van der Waals surface area contributed by atoms with E-state index in [4.69, 9.17) is 4.74 Å². The number of anilines is 3. The topological polar surface area (TPSA) is 102 Å². The van der Waals surface area contributed by atoms with E-state index >= 15 is 0 Å². The lowest BCUT2D eigenvalue weighted by atomic mass is 10.2. The number of carbonyl (C=O) groups excluding carboxylic acids is 2. The van der Waals surface area contributed by atoms with Crippen LogP contribution in [-0.4, -0.2) is 30.0 Å². The Morgan fingerprint density at radius 3 is 2.06 bits per heavy atom. The molecule has 0 fully saturated rings. The van der Waals surface area contributed by atoms with Crippen LogP contribution in [0.1, 0.15) is 0 Å². The summed E-state index contributed by atoms with van der Waals surface area (Å²) in [5, 5.41) is 13.3. The van der Waals surface area contributed by atoms with Crippen molar-refractivity contribution < 1.29 is 19.2 Å². The second-order valence-corrected chi connectivity index (χ2v) is 7.24. The minimum Gasteiger partial charge on any atom is -0.454 e. The van der Waals surface area contributed by atoms with E-state index in [0.29, 0.717) is 10.2 Å². The highest BCUT2D eigenvalue weighted by molar-refractivity contribution is 9.10. The number of nitro benzene ring substituents is 1. The van der Waals surface area contributed by atoms with Crippen LogP contribution in [0.4, 0.5) is 22.7 Å². The van der Waals surface area contributed by atoms with Crippen molar-refractivity contribution in [1.29, 1.82) is 0 Å². The Labute approximate surface area is 186 Å². The Morgan fingerprint density at radius 1 is 0.968 bits per heavy atom. The molecule has 3 rings (SSSR count). The van der Waals surface area contributed by atoms with Crippen molar-refractivity contribution in [3.05, 3.63) is 93.4 Å². The zero-order valence-electron chi connectivity index (χ0n) is 16.2. The summed E-state index contributed by atoms with van der Waals surface area (Å²) in [5.74, 6) is -1.14. The lowest BCUT2D eigenvalue weighted by Crippen LogP contribution is -2.29. The third kappa shape index (κ3) is 6.13. The van der Waals surface area contributed by atoms with Gasteiger partial charge in [-0.25, -0.2) is 0 Å². The van der Waals surface area contributed by atoms with Crippen molar-refractivity contribution in [3.63, 3.8) is 0 Å². The first kappa shape index (κ1) is 22.0. The number of halogens is 1. The second kappa shape index (κ2) is 10.4. The number of esters is 1. The van der Waals surface area contributed by atoms with Gasteiger partial charge in [0.1, 0.15) is 6.54 Å². The summed E-state index contributed by atoms with van der Waals surface area (Å²) in [4.78, 5) is 36.6. The molecule has 0 saturated carbocycles. The molecule has 0 aliphatic rings. The van der Waals surface area contributed by atoms with E-state index in [-0.39, 0.29) is 12.2 Å². The molecule has 0 bridgehead atoms. The molecular weight excluding hydrogens is 466 g/mol. The SMILES string of the molecule is O=C(COC(=O)CN(c1ccccc1)c1ccccc1)Nc1ccc([N+](=O)[O-])cc1Br. The van der Waals surface area contributed by atoms with E-state index in [9.17, 15) is 19.7 Å². The molecule has 0 saturated heterocycles. The van der Waals surface area contributed by atoms with Crippen molar-refractivity contribution >= 4 is 50.6 Å². The van der Waals surface area contributed by atoms with E-state index in [0.717, 1.165) is 11.4 Å². The van der Waals surface area contributed by atoms with Gasteiger partial charge in [0.15, 0.2) is 6.61 Å². The molecule has 9 heteroatoms. The fraction of sp³-hybridized carbons (Fsp3) is 0.0909. The number of hydrogen-bond donors (Lipinski definition) is 1. The molecule has 8 nitrogen and oxygen atoms in total. The van der Waals surface area contributed by atoms with Crippen LogP contribution in [0.15, 0.2) is 83.3 Å². The smallest absolute Gasteiger partial charge is 0.326 e. The molecule has 0 radical (unpaired) electrons. The van der Waals surface area contributed by atoms with E-state index in [1.165, 1.54) is 18.2 Å². The molecule has 0 unspecified atom stereocenters. The highest BCUT2D eigenvalue weighted by atomic mass is 79.9. The second-order valence-electron chi connectivity index (χ2n) is 6.39. The van der Waals surface area contributed by atoms with Crippen molar-refractivity contribution in [2.45, 2.75) is 0 Å². The Morgan fingerprint density at radius 2 is 1.55 bits per heavy atom. The third-order valence-corrected chi connectivity index (χ3v) is 4.88. The van der Waals surface area contributed by atoms with Crippen LogP contribution in [0, 0.1) is 10.1 Å². The van der Waals surface area contributed by atoms with Crippen LogP contribution >= 0.6 is 15.9 Å². The van der Waals surface area contributed by atoms with Gasteiger partial charge in [-0.1, -0.05) is 36.4 Å². The average molecular weight is 484 g/mol. The van der Waals surface area contributed by atoms with Gasteiger partial charge >= 0.3 is 5.97 Å². The summed E-state index contributed by atoms with van der Waals surface area (Å²) in [6.07, 6.45) is 0. The standard InChI is InChI=1S/C22H18BrN3O5/c23-19-13-18(26(29)30)11-12-20(19)24-21(27)15-31-22(28)14-25(16-7-3-1-4-8-16)17-9-5-2-6-10-17/h1-13H,14-15H2,(H,24,27). The summed E-state index contributed by atoms with van der Waals surface area (Å²) < 4.78 is 5.48. The summed E-state index contributed by atoms with van der Waals surface area (Å²) in [5.41, 5.74) is 1.84. The normalized spacial score (nSPS) is 10.2. The first-order chi connectivity index (χ1) is 14.9. The number of nitrogens with one attached hydrogen (secondary N) is 1. The van der Waals surface area contributed by atoms with Crippen molar-refractivity contribution in [2.24, 2.45) is 0 Å². The maximum atomic E-state index is 12.4. The molecule has 31 heavy (non-hydrogen) atoms. The number of rotatable bonds is 8. The van der Waals surface area contributed by atoms with Crippen LogP contribution in [0.25, 0.3) is 0 Å². The van der Waals surface area contributed by atoms with Gasteiger partial charge in [-0.3, -0.25) is 19.7 Å². The quantitative estimate of drug-likeness (QED) is 0.283. The Hall–Kier alpha value is -3.72. The number of amides is 1. The summed E-state index contributed by atoms with van der Waals surface area (Å²) in [6, 6.07) is 22.7. The third-order valence-electron chi connectivity index (χ3n) is 4.22. The number of nitrogens with zero attached hydrogens (tertiary/aromatic N) is 2. The number of carbonyl (C=O) groups is 2. The molecule has 0 heterocycles. The predicted molar refractivity (Wildman–Crippen MR) is 120 cm³/mol. The number of non-ortho nitro benzene ring substituents is 1. The largest absolute Gasteiger partial charge is 0.454 e. The fourth-order valence-corrected chi connectivity index (χ4v) is 3.24. The highest BCUT2D eigenvalue weighted by Gasteiger charge is 2.17. The molecular formula is C22H18BrN3O5. The van der Waals surface area contributed by atoms with E-state index in [2.05, 4.69) is 21.2 Å². The number of hydrogen-bond acceptors (Lipinski definition) is 6. The van der Waals surface area contributed by atoms with Crippen LogP contribution in [0.5, 0.6) is 0 Å². The van der Waals surface area contributed by atoms with E-state index in [1.807, 2.05) is 60.7 Å². The van der Waals surface area contributed by atoms with Crippen LogP contribution in [0.2, 0.25) is 0 Å². The van der Waals surface area contributed by atoms with Gasteiger partial charge in [0.05, 0.1) is 10.6 Å². The molecule has 1 amide bonds. The van der Waals surface area contributed by atoms with Crippen LogP contribution < -0.4 is 10.2 Å². The number of nitro groups is 1. The van der Waals surface area contributed by atoms with E-state index < -0.39 is 23.4 Å². The Kier molecular flexibility index (Phi) is 7.34. The van der Waals surface area contributed by atoms with Gasteiger partial charge in [0.25, 0.3) is 11.6 Å². The van der Waals surface area contributed by atoms with E-state index in [1.54, 1.807) is 4.90 Å². The van der Waals surface area contributed by atoms with Gasteiger partial charge in [-0.05, 0) is 46.3 Å². The molecule has 0 spiro atoms. The average Bonchev–Trinajstić information content (AvgIpc) is 2.78. The molecule has 0 atom stereocenters. The van der Waals surface area contributed by atoms with Gasteiger partial charge < -0.3 is 15.0 Å². The van der Waals surface area contributed by atoms with Crippen molar-refractivity contribution in [2.75, 3.05) is 23.4 Å². The molecule has 0 aliphatic heterocycles. The monoisotopic (exact) mass is 483 g/mol. The van der Waals surface area contributed by atoms with Gasteiger partial charge in [0, 0.05) is 28.0 Å². The zero-order chi connectivity index (χ0) is 22.2. The molecule has 1 N–H and O–H groups in total. The molecule has 3 aromatic carbocycles. The fourth-order valence-electron chi connectivity index (χ4n) is 2.77. The zero-order valence-corrected chi connectivity index (χ0v) is 17.8. The maximum Gasteiger partial charge on any atom is 0.326 e. The van der Waals surface area contributed by atoms with Crippen molar-refractivity contribution in [3.8, 4) is 0 Å². The lowest BCUT2D eigenvalue weighted by Gasteiger charge is -2.24.